The molecule has 1 aromatic rings. The van der Waals surface area contributed by atoms with Gasteiger partial charge in [0.2, 0.25) is 0 Å². The standard InChI is InChI=1S/C13H24N4O2/c1-4-6-14-12-10(2)13(16-9-15-12)17-11(5-7-18)8-19-3/h9,11,18H,4-8H2,1-3H3,(H2,14,15,16,17). The van der Waals surface area contributed by atoms with Crippen LogP contribution >= 0.6 is 0 Å². The molecule has 19 heavy (non-hydrogen) atoms. The first-order valence-corrected chi connectivity index (χ1v) is 6.64. The molecule has 0 spiro atoms. The van der Waals surface area contributed by atoms with Crippen molar-refractivity contribution >= 4 is 11.6 Å². The van der Waals surface area contributed by atoms with Gasteiger partial charge in [-0.15, -0.1) is 0 Å². The summed E-state index contributed by atoms with van der Waals surface area (Å²) in [6, 6.07) is 0.0441. The molecule has 0 aromatic carbocycles. The maximum atomic E-state index is 9.04. The lowest BCUT2D eigenvalue weighted by atomic mass is 10.2. The molecule has 1 unspecified atom stereocenters. The Kier molecular flexibility index (Phi) is 7.14. The van der Waals surface area contributed by atoms with E-state index in [1.807, 2.05) is 6.92 Å². The molecular weight excluding hydrogens is 244 g/mol. The van der Waals surface area contributed by atoms with E-state index in [-0.39, 0.29) is 12.6 Å². The Morgan fingerprint density at radius 3 is 2.74 bits per heavy atom. The number of rotatable bonds is 9. The van der Waals surface area contributed by atoms with Crippen LogP contribution in [0.15, 0.2) is 6.33 Å². The van der Waals surface area contributed by atoms with Crippen LogP contribution in [0, 0.1) is 6.92 Å². The molecule has 0 aliphatic heterocycles. The van der Waals surface area contributed by atoms with Crippen LogP contribution in [0.3, 0.4) is 0 Å². The maximum absolute atomic E-state index is 9.04. The summed E-state index contributed by atoms with van der Waals surface area (Å²) in [6.07, 6.45) is 3.20. The number of nitrogens with zero attached hydrogens (tertiary/aromatic N) is 2. The predicted molar refractivity (Wildman–Crippen MR) is 76.5 cm³/mol. The van der Waals surface area contributed by atoms with Gasteiger partial charge in [-0.05, 0) is 19.8 Å². The Balaban J connectivity index is 2.75. The smallest absolute Gasteiger partial charge is 0.134 e. The van der Waals surface area contributed by atoms with Crippen LogP contribution in [0.2, 0.25) is 0 Å². The zero-order valence-electron chi connectivity index (χ0n) is 11.9. The van der Waals surface area contributed by atoms with Crippen molar-refractivity contribution in [1.29, 1.82) is 0 Å². The number of anilines is 2. The molecule has 0 amide bonds. The first-order valence-electron chi connectivity index (χ1n) is 6.64. The second-order valence-corrected chi connectivity index (χ2v) is 4.43. The van der Waals surface area contributed by atoms with E-state index >= 15 is 0 Å². The second kappa shape index (κ2) is 8.66. The minimum atomic E-state index is 0.0441. The fourth-order valence-corrected chi connectivity index (χ4v) is 1.76. The Morgan fingerprint density at radius 1 is 1.37 bits per heavy atom. The third-order valence-corrected chi connectivity index (χ3v) is 2.81. The van der Waals surface area contributed by atoms with Crippen molar-refractivity contribution in [3.8, 4) is 0 Å². The first-order chi connectivity index (χ1) is 9.22. The second-order valence-electron chi connectivity index (χ2n) is 4.43. The van der Waals surface area contributed by atoms with Crippen LogP contribution in [-0.4, -0.2) is 48.0 Å². The number of ether oxygens (including phenoxy) is 1. The molecule has 0 bridgehead atoms. The largest absolute Gasteiger partial charge is 0.396 e. The summed E-state index contributed by atoms with van der Waals surface area (Å²) >= 11 is 0. The molecule has 1 heterocycles. The number of aliphatic hydroxyl groups excluding tert-OH is 1. The molecule has 0 radical (unpaired) electrons. The fraction of sp³-hybridized carbons (Fsp3) is 0.692. The lowest BCUT2D eigenvalue weighted by Crippen LogP contribution is -2.27. The molecule has 0 aliphatic rings. The molecule has 108 valence electrons. The Hall–Kier alpha value is -1.40. The van der Waals surface area contributed by atoms with Gasteiger partial charge in [0.25, 0.3) is 0 Å². The van der Waals surface area contributed by atoms with E-state index in [0.717, 1.165) is 30.2 Å². The van der Waals surface area contributed by atoms with Gasteiger partial charge in [0.05, 0.1) is 12.6 Å². The summed E-state index contributed by atoms with van der Waals surface area (Å²) in [5.74, 6) is 1.63. The number of hydrogen-bond acceptors (Lipinski definition) is 6. The average Bonchev–Trinajstić information content (AvgIpc) is 2.40. The van der Waals surface area contributed by atoms with Crippen LogP contribution in [0.25, 0.3) is 0 Å². The normalized spacial score (nSPS) is 12.2. The molecule has 0 fully saturated rings. The summed E-state index contributed by atoms with van der Waals surface area (Å²) in [5.41, 5.74) is 0.981. The van der Waals surface area contributed by atoms with Crippen molar-refractivity contribution in [2.45, 2.75) is 32.7 Å². The van der Waals surface area contributed by atoms with Crippen molar-refractivity contribution in [2.24, 2.45) is 0 Å². The highest BCUT2D eigenvalue weighted by atomic mass is 16.5. The molecule has 3 N–H and O–H groups in total. The average molecular weight is 268 g/mol. The third kappa shape index (κ3) is 5.00. The molecular formula is C13H24N4O2. The summed E-state index contributed by atoms with van der Waals surface area (Å²) in [6.45, 7) is 5.62. The van der Waals surface area contributed by atoms with Gasteiger partial charge in [-0.25, -0.2) is 9.97 Å². The van der Waals surface area contributed by atoms with Crippen LogP contribution in [0.4, 0.5) is 11.6 Å². The summed E-state index contributed by atoms with van der Waals surface area (Å²) in [7, 11) is 1.65. The zero-order chi connectivity index (χ0) is 14.1. The van der Waals surface area contributed by atoms with Crippen LogP contribution in [0.5, 0.6) is 0 Å². The SMILES string of the molecule is CCCNc1ncnc(NC(CCO)COC)c1C. The molecule has 6 nitrogen and oxygen atoms in total. The van der Waals surface area contributed by atoms with E-state index in [9.17, 15) is 0 Å². The first kappa shape index (κ1) is 15.7. The predicted octanol–water partition coefficient (Wildman–Crippen LogP) is 1.42. The van der Waals surface area contributed by atoms with Gasteiger partial charge < -0.3 is 20.5 Å². The van der Waals surface area contributed by atoms with E-state index in [2.05, 4.69) is 27.5 Å². The van der Waals surface area contributed by atoms with Crippen LogP contribution in [0.1, 0.15) is 25.3 Å². The summed E-state index contributed by atoms with van der Waals surface area (Å²) in [4.78, 5) is 8.48. The highest BCUT2D eigenvalue weighted by molar-refractivity contribution is 5.56. The highest BCUT2D eigenvalue weighted by Crippen LogP contribution is 2.19. The van der Waals surface area contributed by atoms with Crippen molar-refractivity contribution in [3.05, 3.63) is 11.9 Å². The van der Waals surface area contributed by atoms with Crippen LogP contribution < -0.4 is 10.6 Å². The maximum Gasteiger partial charge on any atom is 0.134 e. The van der Waals surface area contributed by atoms with Gasteiger partial charge in [0.1, 0.15) is 18.0 Å². The molecule has 6 heteroatoms. The number of aromatic nitrogens is 2. The monoisotopic (exact) mass is 268 g/mol. The lowest BCUT2D eigenvalue weighted by molar-refractivity contribution is 0.170. The van der Waals surface area contributed by atoms with Gasteiger partial charge in [-0.3, -0.25) is 0 Å². The minimum absolute atomic E-state index is 0.0441. The van der Waals surface area contributed by atoms with Crippen molar-refractivity contribution in [2.75, 3.05) is 37.5 Å². The Labute approximate surface area is 114 Å². The van der Waals surface area contributed by atoms with Crippen LogP contribution in [-0.2, 0) is 4.74 Å². The van der Waals surface area contributed by atoms with E-state index in [1.165, 1.54) is 6.33 Å². The highest BCUT2D eigenvalue weighted by Gasteiger charge is 2.12. The van der Waals surface area contributed by atoms with E-state index in [4.69, 9.17) is 9.84 Å². The molecule has 1 rings (SSSR count). The van der Waals surface area contributed by atoms with Gasteiger partial charge in [0, 0.05) is 25.8 Å². The molecule has 1 atom stereocenters. The third-order valence-electron chi connectivity index (χ3n) is 2.81. The van der Waals surface area contributed by atoms with E-state index < -0.39 is 0 Å². The number of methoxy groups -OCH3 is 1. The summed E-state index contributed by atoms with van der Waals surface area (Å²) in [5, 5.41) is 15.6. The molecule has 0 saturated heterocycles. The lowest BCUT2D eigenvalue weighted by Gasteiger charge is -2.19. The van der Waals surface area contributed by atoms with E-state index in [1.54, 1.807) is 7.11 Å². The molecule has 0 aliphatic carbocycles. The van der Waals surface area contributed by atoms with Crippen molar-refractivity contribution < 1.29 is 9.84 Å². The molecule has 1 aromatic heterocycles. The van der Waals surface area contributed by atoms with Gasteiger partial charge >= 0.3 is 0 Å². The van der Waals surface area contributed by atoms with E-state index in [0.29, 0.717) is 13.0 Å². The quantitative estimate of drug-likeness (QED) is 0.628. The minimum Gasteiger partial charge on any atom is -0.396 e. The van der Waals surface area contributed by atoms with Crippen molar-refractivity contribution in [1.82, 2.24) is 9.97 Å². The fourth-order valence-electron chi connectivity index (χ4n) is 1.76. The zero-order valence-corrected chi connectivity index (χ0v) is 11.9. The van der Waals surface area contributed by atoms with Gasteiger partial charge in [-0.2, -0.15) is 0 Å². The Morgan fingerprint density at radius 2 is 2.11 bits per heavy atom. The molecule has 0 saturated carbocycles. The number of aliphatic hydroxyl groups is 1. The number of hydrogen-bond donors (Lipinski definition) is 3. The summed E-state index contributed by atoms with van der Waals surface area (Å²) < 4.78 is 5.13. The van der Waals surface area contributed by atoms with Gasteiger partial charge in [0.15, 0.2) is 0 Å². The Bertz CT molecular complexity index is 368. The van der Waals surface area contributed by atoms with Gasteiger partial charge in [-0.1, -0.05) is 6.92 Å². The number of nitrogens with one attached hydrogen (secondary N) is 2. The van der Waals surface area contributed by atoms with Crippen molar-refractivity contribution in [3.63, 3.8) is 0 Å². The topological polar surface area (TPSA) is 79.3 Å².